The molecule has 1 saturated heterocycles. The van der Waals surface area contributed by atoms with E-state index in [-0.39, 0.29) is 6.03 Å². The fraction of sp³-hybridized carbons (Fsp3) is 0.938. The number of hydrogen-bond acceptors (Lipinski definition) is 2. The maximum atomic E-state index is 11.9. The lowest BCUT2D eigenvalue weighted by atomic mass is 9.86. The van der Waals surface area contributed by atoms with Gasteiger partial charge in [0.15, 0.2) is 0 Å². The molecule has 2 fully saturated rings. The van der Waals surface area contributed by atoms with Gasteiger partial charge in [0.05, 0.1) is 0 Å². The van der Waals surface area contributed by atoms with Gasteiger partial charge in [-0.1, -0.05) is 20.8 Å². The van der Waals surface area contributed by atoms with E-state index in [1.807, 2.05) is 32.8 Å². The smallest absolute Gasteiger partial charge is 0.319 e. The lowest BCUT2D eigenvalue weighted by Crippen LogP contribution is -2.54. The van der Waals surface area contributed by atoms with Gasteiger partial charge in [-0.15, -0.1) is 0 Å². The molecule has 0 aromatic carbocycles. The van der Waals surface area contributed by atoms with Crippen LogP contribution in [0.5, 0.6) is 0 Å². The fourth-order valence-electron chi connectivity index (χ4n) is 3.17. The Morgan fingerprint density at radius 1 is 0.950 bits per heavy atom. The highest BCUT2D eigenvalue weighted by Gasteiger charge is 2.28. The van der Waals surface area contributed by atoms with Crippen LogP contribution >= 0.6 is 0 Å². The third-order valence-electron chi connectivity index (χ3n) is 4.47. The van der Waals surface area contributed by atoms with Gasteiger partial charge >= 0.3 is 6.03 Å². The molecule has 1 saturated carbocycles. The van der Waals surface area contributed by atoms with Crippen molar-refractivity contribution in [3.05, 3.63) is 0 Å². The predicted octanol–water partition coefficient (Wildman–Crippen LogP) is 2.89. The Hall–Kier alpha value is -0.770. The van der Waals surface area contributed by atoms with Crippen LogP contribution in [0, 0.1) is 5.92 Å². The van der Waals surface area contributed by atoms with Crippen LogP contribution in [0.3, 0.4) is 0 Å². The van der Waals surface area contributed by atoms with Gasteiger partial charge in [0.25, 0.3) is 0 Å². The summed E-state index contributed by atoms with van der Waals surface area (Å²) in [6, 6.07) is 0.935. The number of amides is 2. The quantitative estimate of drug-likeness (QED) is 0.740. The van der Waals surface area contributed by atoms with E-state index in [9.17, 15) is 4.79 Å². The summed E-state index contributed by atoms with van der Waals surface area (Å²) in [5.74, 6) is 0.915. The molecule has 1 aliphatic heterocycles. The zero-order valence-electron chi connectivity index (χ0n) is 14.1. The molecule has 0 N–H and O–H groups in total. The normalized spacial score (nSPS) is 27.6. The molecule has 2 rings (SSSR count). The fourth-order valence-corrected chi connectivity index (χ4v) is 3.17. The summed E-state index contributed by atoms with van der Waals surface area (Å²) in [7, 11) is 3.66. The van der Waals surface area contributed by atoms with Crippen LogP contribution in [0.15, 0.2) is 0 Å². The van der Waals surface area contributed by atoms with E-state index in [1.54, 1.807) is 4.90 Å². The highest BCUT2D eigenvalue weighted by molar-refractivity contribution is 5.73. The molecular weight excluding hydrogens is 250 g/mol. The maximum absolute atomic E-state index is 11.9. The highest BCUT2D eigenvalue weighted by atomic mass is 16.2. The zero-order chi connectivity index (χ0) is 15.1. The Kier molecular flexibility index (Phi) is 7.35. The van der Waals surface area contributed by atoms with E-state index < -0.39 is 0 Å². The number of nitrogens with zero attached hydrogens (tertiary/aromatic N) is 3. The molecule has 118 valence electrons. The largest absolute Gasteiger partial charge is 0.331 e. The number of rotatable bonds is 1. The van der Waals surface area contributed by atoms with Crippen molar-refractivity contribution in [2.45, 2.75) is 52.5 Å². The molecule has 2 amide bonds. The van der Waals surface area contributed by atoms with E-state index in [1.165, 1.54) is 25.7 Å². The summed E-state index contributed by atoms with van der Waals surface area (Å²) in [5.41, 5.74) is 0. The molecule has 0 spiro atoms. The minimum atomic E-state index is 0.159. The van der Waals surface area contributed by atoms with Gasteiger partial charge in [0, 0.05) is 46.3 Å². The van der Waals surface area contributed by atoms with Crippen LogP contribution in [0.2, 0.25) is 0 Å². The average molecular weight is 283 g/mol. The van der Waals surface area contributed by atoms with Crippen molar-refractivity contribution in [2.75, 3.05) is 40.3 Å². The van der Waals surface area contributed by atoms with Crippen LogP contribution in [-0.2, 0) is 0 Å². The second-order valence-electron chi connectivity index (χ2n) is 6.11. The first-order valence-corrected chi connectivity index (χ1v) is 8.28. The molecule has 4 heteroatoms. The molecule has 0 radical (unpaired) electrons. The summed E-state index contributed by atoms with van der Waals surface area (Å²) >= 11 is 0. The van der Waals surface area contributed by atoms with Crippen molar-refractivity contribution >= 4 is 6.03 Å². The number of urea groups is 1. The summed E-state index contributed by atoms with van der Waals surface area (Å²) in [6.07, 6.45) is 5.45. The van der Waals surface area contributed by atoms with Gasteiger partial charge in [-0.2, -0.15) is 0 Å². The van der Waals surface area contributed by atoms with Crippen molar-refractivity contribution in [1.82, 2.24) is 14.7 Å². The summed E-state index contributed by atoms with van der Waals surface area (Å²) in [5, 5.41) is 0. The Labute approximate surface area is 125 Å². The summed E-state index contributed by atoms with van der Waals surface area (Å²) in [6.45, 7) is 10.3. The molecule has 1 heterocycles. The van der Waals surface area contributed by atoms with Crippen LogP contribution in [0.25, 0.3) is 0 Å². The second-order valence-corrected chi connectivity index (χ2v) is 6.11. The number of hydrogen-bond donors (Lipinski definition) is 0. The minimum Gasteiger partial charge on any atom is -0.331 e. The number of piperazine rings is 1. The van der Waals surface area contributed by atoms with Crippen molar-refractivity contribution in [3.8, 4) is 0 Å². The molecule has 0 atom stereocenters. The lowest BCUT2D eigenvalue weighted by Gasteiger charge is -2.42. The Bertz CT molecular complexity index is 277. The molecule has 0 aromatic rings. The zero-order valence-corrected chi connectivity index (χ0v) is 14.1. The van der Waals surface area contributed by atoms with Gasteiger partial charge in [-0.3, -0.25) is 4.90 Å². The Morgan fingerprint density at radius 3 is 1.90 bits per heavy atom. The first-order chi connectivity index (χ1) is 9.58. The first-order valence-electron chi connectivity index (χ1n) is 8.28. The molecule has 0 bridgehead atoms. The van der Waals surface area contributed by atoms with Gasteiger partial charge in [-0.05, 0) is 31.6 Å². The molecule has 2 aliphatic rings. The number of carbonyl (C=O) groups excluding carboxylic acids is 1. The second kappa shape index (κ2) is 8.50. The molecule has 0 unspecified atom stereocenters. The molecule has 1 aliphatic carbocycles. The third-order valence-corrected chi connectivity index (χ3v) is 4.47. The molecular formula is C16H33N3O. The monoisotopic (exact) mass is 283 g/mol. The third kappa shape index (κ3) is 4.65. The van der Waals surface area contributed by atoms with E-state index in [0.29, 0.717) is 0 Å². The molecule has 0 aromatic heterocycles. The van der Waals surface area contributed by atoms with Crippen LogP contribution in [-0.4, -0.2) is 67.0 Å². The Balaban J connectivity index is 0.000000956. The summed E-state index contributed by atoms with van der Waals surface area (Å²) in [4.78, 5) is 18.1. The van der Waals surface area contributed by atoms with E-state index in [4.69, 9.17) is 0 Å². The van der Waals surface area contributed by atoms with Crippen molar-refractivity contribution in [2.24, 2.45) is 5.92 Å². The SMILES string of the molecule is CC.CC1CCC(N2CCN(C(=O)N(C)C)CC2)CC1. The topological polar surface area (TPSA) is 26.8 Å². The Morgan fingerprint density at radius 2 is 1.45 bits per heavy atom. The van der Waals surface area contributed by atoms with Crippen molar-refractivity contribution in [1.29, 1.82) is 0 Å². The number of carbonyl (C=O) groups is 1. The maximum Gasteiger partial charge on any atom is 0.319 e. The molecule has 20 heavy (non-hydrogen) atoms. The van der Waals surface area contributed by atoms with Gasteiger partial charge < -0.3 is 9.80 Å². The lowest BCUT2D eigenvalue weighted by molar-refractivity contribution is 0.0767. The van der Waals surface area contributed by atoms with E-state index in [2.05, 4.69) is 11.8 Å². The van der Waals surface area contributed by atoms with E-state index >= 15 is 0 Å². The van der Waals surface area contributed by atoms with Crippen molar-refractivity contribution in [3.63, 3.8) is 0 Å². The van der Waals surface area contributed by atoms with Crippen LogP contribution < -0.4 is 0 Å². The van der Waals surface area contributed by atoms with Gasteiger partial charge in [0.1, 0.15) is 0 Å². The first kappa shape index (κ1) is 17.3. The summed E-state index contributed by atoms with van der Waals surface area (Å²) < 4.78 is 0. The van der Waals surface area contributed by atoms with Crippen molar-refractivity contribution < 1.29 is 4.79 Å². The van der Waals surface area contributed by atoms with Crippen LogP contribution in [0.1, 0.15) is 46.5 Å². The average Bonchev–Trinajstić information content (AvgIpc) is 2.49. The van der Waals surface area contributed by atoms with E-state index in [0.717, 1.165) is 38.1 Å². The van der Waals surface area contributed by atoms with Crippen LogP contribution in [0.4, 0.5) is 4.79 Å². The minimum absolute atomic E-state index is 0.159. The standard InChI is InChI=1S/C14H27N3O.C2H6/c1-12-4-6-13(7-5-12)16-8-10-17(11-9-16)14(18)15(2)3;1-2/h12-13H,4-11H2,1-3H3;1-2H3. The predicted molar refractivity (Wildman–Crippen MR) is 85.0 cm³/mol. The van der Waals surface area contributed by atoms with Gasteiger partial charge in [-0.25, -0.2) is 4.79 Å². The molecule has 4 nitrogen and oxygen atoms in total. The van der Waals surface area contributed by atoms with Gasteiger partial charge in [0.2, 0.25) is 0 Å². The highest BCUT2D eigenvalue weighted by Crippen LogP contribution is 2.27.